The van der Waals surface area contributed by atoms with E-state index in [1.54, 1.807) is 24.7 Å². The first-order valence-electron chi connectivity index (χ1n) is 6.53. The second kappa shape index (κ2) is 5.70. The van der Waals surface area contributed by atoms with Crippen molar-refractivity contribution in [1.29, 1.82) is 0 Å². The fourth-order valence-electron chi connectivity index (χ4n) is 2.04. The minimum absolute atomic E-state index is 0.325. The molecular weight excluding hydrogens is 273 g/mol. The lowest BCUT2D eigenvalue weighted by atomic mass is 10.2. The van der Waals surface area contributed by atoms with Gasteiger partial charge in [0.1, 0.15) is 12.1 Å². The van der Waals surface area contributed by atoms with E-state index in [-0.39, 0.29) is 5.82 Å². The zero-order valence-corrected chi connectivity index (χ0v) is 11.4. The van der Waals surface area contributed by atoms with E-state index in [0.717, 1.165) is 12.2 Å². The molecule has 2 aromatic heterocycles. The number of anilines is 1. The highest BCUT2D eigenvalue weighted by molar-refractivity contribution is 5.52. The van der Waals surface area contributed by atoms with Crippen molar-refractivity contribution < 1.29 is 4.39 Å². The predicted octanol–water partition coefficient (Wildman–Crippen LogP) is 1.63. The number of hydrogen-bond acceptors (Lipinski definition) is 5. The van der Waals surface area contributed by atoms with Gasteiger partial charge in [-0.05, 0) is 35.5 Å². The van der Waals surface area contributed by atoms with Gasteiger partial charge in [0.15, 0.2) is 0 Å². The van der Waals surface area contributed by atoms with Crippen LogP contribution in [0, 0.1) is 5.82 Å². The van der Waals surface area contributed by atoms with Crippen molar-refractivity contribution in [2.75, 3.05) is 5.32 Å². The van der Waals surface area contributed by atoms with Gasteiger partial charge in [-0.15, -0.1) is 5.10 Å². The van der Waals surface area contributed by atoms with Gasteiger partial charge >= 0.3 is 0 Å². The van der Waals surface area contributed by atoms with Gasteiger partial charge in [0.2, 0.25) is 0 Å². The van der Waals surface area contributed by atoms with Crippen LogP contribution < -0.4 is 5.32 Å². The lowest BCUT2D eigenvalue weighted by Crippen LogP contribution is -2.07. The van der Waals surface area contributed by atoms with Crippen LogP contribution >= 0.6 is 0 Å². The van der Waals surface area contributed by atoms with Gasteiger partial charge in [-0.25, -0.2) is 14.1 Å². The second-order valence-corrected chi connectivity index (χ2v) is 4.44. The van der Waals surface area contributed by atoms with E-state index < -0.39 is 0 Å². The van der Waals surface area contributed by atoms with Crippen molar-refractivity contribution in [3.8, 4) is 5.69 Å². The average Bonchev–Trinajstić information content (AvgIpc) is 3.17. The molecule has 1 aromatic carbocycles. The zero-order valence-electron chi connectivity index (χ0n) is 11.4. The number of hydrogen-bond donors (Lipinski definition) is 1. The van der Waals surface area contributed by atoms with Gasteiger partial charge < -0.3 is 9.88 Å². The largest absolute Gasteiger partial charge is 0.377 e. The Kier molecular flexibility index (Phi) is 3.59. The SMILES string of the molecule is CCn1cncc1CNc1cc(-n2cnnn2)ccc1F. The summed E-state index contributed by atoms with van der Waals surface area (Å²) in [5.74, 6) is -0.325. The van der Waals surface area contributed by atoms with Crippen LogP contribution in [0.1, 0.15) is 12.6 Å². The molecule has 3 aromatic rings. The zero-order chi connectivity index (χ0) is 14.7. The molecule has 3 rings (SSSR count). The molecule has 21 heavy (non-hydrogen) atoms. The molecule has 0 saturated carbocycles. The Hall–Kier alpha value is -2.77. The van der Waals surface area contributed by atoms with Gasteiger partial charge in [-0.1, -0.05) is 0 Å². The standard InChI is InChI=1S/C13H14FN7/c1-2-20-8-15-6-11(20)7-16-13-5-10(3-4-12(13)14)21-9-17-18-19-21/h3-6,8-9,16H,2,7H2,1H3. The highest BCUT2D eigenvalue weighted by Gasteiger charge is 2.07. The second-order valence-electron chi connectivity index (χ2n) is 4.44. The van der Waals surface area contributed by atoms with Crippen LogP contribution in [0.4, 0.5) is 10.1 Å². The first-order chi connectivity index (χ1) is 10.3. The van der Waals surface area contributed by atoms with E-state index in [9.17, 15) is 4.39 Å². The van der Waals surface area contributed by atoms with Crippen molar-refractivity contribution in [3.05, 3.63) is 48.6 Å². The smallest absolute Gasteiger partial charge is 0.146 e. The normalized spacial score (nSPS) is 10.8. The Labute approximate surface area is 120 Å². The van der Waals surface area contributed by atoms with E-state index in [2.05, 4.69) is 25.8 Å². The summed E-state index contributed by atoms with van der Waals surface area (Å²) in [5.41, 5.74) is 2.07. The van der Waals surface area contributed by atoms with Gasteiger partial charge in [0.05, 0.1) is 29.9 Å². The van der Waals surface area contributed by atoms with Crippen molar-refractivity contribution in [1.82, 2.24) is 29.8 Å². The summed E-state index contributed by atoms with van der Waals surface area (Å²) in [6.45, 7) is 3.35. The minimum atomic E-state index is -0.325. The maximum atomic E-state index is 13.9. The number of aromatic nitrogens is 6. The quantitative estimate of drug-likeness (QED) is 0.772. The minimum Gasteiger partial charge on any atom is -0.377 e. The maximum absolute atomic E-state index is 13.9. The monoisotopic (exact) mass is 287 g/mol. The number of nitrogens with one attached hydrogen (secondary N) is 1. The van der Waals surface area contributed by atoms with Crippen LogP contribution in [0.3, 0.4) is 0 Å². The van der Waals surface area contributed by atoms with Gasteiger partial charge in [-0.2, -0.15) is 0 Å². The van der Waals surface area contributed by atoms with Crippen LogP contribution in [0.25, 0.3) is 5.69 Å². The van der Waals surface area contributed by atoms with E-state index in [1.807, 2.05) is 11.5 Å². The number of rotatable bonds is 5. The third-order valence-electron chi connectivity index (χ3n) is 3.16. The molecule has 0 amide bonds. The molecule has 1 N–H and O–H groups in total. The highest BCUT2D eigenvalue weighted by atomic mass is 19.1. The summed E-state index contributed by atoms with van der Waals surface area (Å²) in [6, 6.07) is 4.67. The van der Waals surface area contributed by atoms with E-state index in [0.29, 0.717) is 17.9 Å². The molecule has 0 fully saturated rings. The Morgan fingerprint density at radius 3 is 2.95 bits per heavy atom. The van der Waals surface area contributed by atoms with E-state index in [1.165, 1.54) is 17.1 Å². The molecule has 0 unspecified atom stereocenters. The van der Waals surface area contributed by atoms with Crippen LogP contribution in [-0.4, -0.2) is 29.8 Å². The van der Waals surface area contributed by atoms with Crippen molar-refractivity contribution in [2.45, 2.75) is 20.0 Å². The predicted molar refractivity (Wildman–Crippen MR) is 74.3 cm³/mol. The summed E-state index contributed by atoms with van der Waals surface area (Å²) in [6.07, 6.45) is 4.98. The number of imidazole rings is 1. The third kappa shape index (κ3) is 2.73. The molecule has 0 radical (unpaired) electrons. The molecule has 0 spiro atoms. The Morgan fingerprint density at radius 2 is 2.19 bits per heavy atom. The first kappa shape index (κ1) is 13.2. The van der Waals surface area contributed by atoms with Gasteiger partial charge in [0.25, 0.3) is 0 Å². The number of halogens is 1. The molecule has 108 valence electrons. The topological polar surface area (TPSA) is 73.5 Å². The molecule has 8 heteroatoms. The Balaban J connectivity index is 1.80. The Bertz CT molecular complexity index is 720. The van der Waals surface area contributed by atoms with Crippen LogP contribution in [0.15, 0.2) is 37.1 Å². The third-order valence-corrected chi connectivity index (χ3v) is 3.16. The lowest BCUT2D eigenvalue weighted by molar-refractivity contribution is 0.628. The molecular formula is C13H14FN7. The molecule has 0 saturated heterocycles. The van der Waals surface area contributed by atoms with Crippen LogP contribution in [0.5, 0.6) is 0 Å². The van der Waals surface area contributed by atoms with Crippen molar-refractivity contribution in [2.24, 2.45) is 0 Å². The van der Waals surface area contributed by atoms with Crippen LogP contribution in [0.2, 0.25) is 0 Å². The van der Waals surface area contributed by atoms with Crippen LogP contribution in [-0.2, 0) is 13.1 Å². The van der Waals surface area contributed by atoms with E-state index in [4.69, 9.17) is 0 Å². The summed E-state index contributed by atoms with van der Waals surface area (Å²) < 4.78 is 17.3. The molecule has 2 heterocycles. The number of nitrogens with zero attached hydrogens (tertiary/aromatic N) is 6. The van der Waals surface area contributed by atoms with E-state index >= 15 is 0 Å². The summed E-state index contributed by atoms with van der Waals surface area (Å²) in [4.78, 5) is 4.08. The number of aryl methyl sites for hydroxylation is 1. The lowest BCUT2D eigenvalue weighted by Gasteiger charge is -2.10. The molecule has 0 aliphatic carbocycles. The summed E-state index contributed by atoms with van der Waals surface area (Å²) in [5, 5.41) is 14.0. The van der Waals surface area contributed by atoms with Gasteiger partial charge in [-0.3, -0.25) is 0 Å². The number of benzene rings is 1. The summed E-state index contributed by atoms with van der Waals surface area (Å²) >= 11 is 0. The fraction of sp³-hybridized carbons (Fsp3) is 0.231. The molecule has 7 nitrogen and oxygen atoms in total. The number of tetrazole rings is 1. The summed E-state index contributed by atoms with van der Waals surface area (Å²) in [7, 11) is 0. The van der Waals surface area contributed by atoms with Crippen molar-refractivity contribution in [3.63, 3.8) is 0 Å². The first-order valence-corrected chi connectivity index (χ1v) is 6.53. The Morgan fingerprint density at radius 1 is 1.29 bits per heavy atom. The molecule has 0 bridgehead atoms. The average molecular weight is 287 g/mol. The fourth-order valence-corrected chi connectivity index (χ4v) is 2.04. The van der Waals surface area contributed by atoms with Gasteiger partial charge in [0, 0.05) is 12.7 Å². The molecule has 0 aliphatic heterocycles. The molecule has 0 atom stereocenters. The molecule has 0 aliphatic rings. The van der Waals surface area contributed by atoms with Crippen molar-refractivity contribution >= 4 is 5.69 Å². The maximum Gasteiger partial charge on any atom is 0.146 e. The highest BCUT2D eigenvalue weighted by Crippen LogP contribution is 2.19.